The Bertz CT molecular complexity index is 1420. The molecular formula is C30H36F2N4O4S. The molecular weight excluding hydrogens is 550 g/mol. The Morgan fingerprint density at radius 2 is 1.49 bits per heavy atom. The quantitative estimate of drug-likeness (QED) is 0.326. The van der Waals surface area contributed by atoms with E-state index in [9.17, 15) is 26.8 Å². The number of hydrogen-bond acceptors (Lipinski definition) is 4. The van der Waals surface area contributed by atoms with Crippen LogP contribution in [0.15, 0.2) is 78.9 Å². The maximum atomic E-state index is 14.9. The summed E-state index contributed by atoms with van der Waals surface area (Å²) in [5.74, 6) is -2.45. The number of rotatable bonds is 13. The Morgan fingerprint density at radius 3 is 2.07 bits per heavy atom. The second-order valence-electron chi connectivity index (χ2n) is 9.92. The first-order valence-electron chi connectivity index (χ1n) is 13.3. The number of carbonyl (C=O) groups is 2. The number of halogens is 2. The van der Waals surface area contributed by atoms with Gasteiger partial charge >= 0.3 is 10.2 Å². The largest absolute Gasteiger partial charge is 0.352 e. The summed E-state index contributed by atoms with van der Waals surface area (Å²) in [7, 11) is -1.76. The smallest absolute Gasteiger partial charge is 0.304 e. The van der Waals surface area contributed by atoms with Gasteiger partial charge in [-0.25, -0.2) is 13.1 Å². The monoisotopic (exact) mass is 586 g/mol. The van der Waals surface area contributed by atoms with Crippen molar-refractivity contribution in [3.05, 3.63) is 102 Å². The number of hydrogen-bond donors (Lipinski definition) is 1. The normalized spacial score (nSPS) is 13.0. The average molecular weight is 587 g/mol. The molecule has 0 heterocycles. The van der Waals surface area contributed by atoms with Crippen LogP contribution in [-0.2, 0) is 32.8 Å². The van der Waals surface area contributed by atoms with Crippen LogP contribution in [0, 0.1) is 11.6 Å². The molecule has 0 spiro atoms. The summed E-state index contributed by atoms with van der Waals surface area (Å²) >= 11 is 0. The van der Waals surface area contributed by atoms with Crippen LogP contribution in [0.25, 0.3) is 0 Å². The Labute approximate surface area is 240 Å². The highest BCUT2D eigenvalue weighted by atomic mass is 32.2. The highest BCUT2D eigenvalue weighted by Gasteiger charge is 2.35. The number of nitrogens with one attached hydrogen (secondary N) is 1. The number of carbonyl (C=O) groups excluding carboxylic acids is 2. The van der Waals surface area contributed by atoms with E-state index in [1.54, 1.807) is 0 Å². The molecule has 3 aromatic carbocycles. The van der Waals surface area contributed by atoms with E-state index in [4.69, 9.17) is 0 Å². The molecule has 220 valence electrons. The molecule has 1 N–H and O–H groups in total. The van der Waals surface area contributed by atoms with Gasteiger partial charge in [-0.15, -0.1) is 0 Å². The fraction of sp³-hybridized carbons (Fsp3) is 0.333. The van der Waals surface area contributed by atoms with E-state index in [2.05, 4.69) is 5.32 Å². The Hall–Kier alpha value is -3.83. The van der Waals surface area contributed by atoms with E-state index in [1.807, 2.05) is 44.2 Å². The molecule has 41 heavy (non-hydrogen) atoms. The number of anilines is 1. The molecule has 2 atom stereocenters. The molecule has 0 saturated carbocycles. The lowest BCUT2D eigenvalue weighted by Crippen LogP contribution is -2.55. The van der Waals surface area contributed by atoms with E-state index in [-0.39, 0.29) is 24.7 Å². The molecule has 0 bridgehead atoms. The molecule has 8 nitrogen and oxygen atoms in total. The van der Waals surface area contributed by atoms with Gasteiger partial charge in [0.25, 0.3) is 0 Å². The molecule has 0 aromatic heterocycles. The van der Waals surface area contributed by atoms with Gasteiger partial charge in [0.15, 0.2) is 0 Å². The van der Waals surface area contributed by atoms with Gasteiger partial charge in [0.05, 0.1) is 5.69 Å². The first-order valence-corrected chi connectivity index (χ1v) is 14.7. The van der Waals surface area contributed by atoms with Crippen LogP contribution >= 0.6 is 0 Å². The molecule has 0 radical (unpaired) electrons. The van der Waals surface area contributed by atoms with Gasteiger partial charge < -0.3 is 10.2 Å². The standard InChI is InChI=1S/C30H36F2N4O4S/c1-5-22(2)33-30(38)28(19-23-11-7-6-8-12-23)35(20-24-15-17-25(31)18-16-24)29(37)21-36(41(39,40)34(3)4)27-14-10-9-13-26(27)32/h6-18,22,28H,5,19-21H2,1-4H3,(H,33,38)/t22-,28-/m1/s1. The van der Waals surface area contributed by atoms with E-state index in [0.29, 0.717) is 16.3 Å². The van der Waals surface area contributed by atoms with Gasteiger partial charge in [0.1, 0.15) is 24.2 Å². The summed E-state index contributed by atoms with van der Waals surface area (Å²) in [6, 6.07) is 18.6. The molecule has 3 aromatic rings. The molecule has 11 heteroatoms. The lowest BCUT2D eigenvalue weighted by molar-refractivity contribution is -0.140. The zero-order chi connectivity index (χ0) is 30.2. The lowest BCUT2D eigenvalue weighted by atomic mass is 10.0. The third kappa shape index (κ3) is 8.34. The minimum absolute atomic E-state index is 0.113. The van der Waals surface area contributed by atoms with Crippen molar-refractivity contribution >= 4 is 27.7 Å². The topological polar surface area (TPSA) is 90.0 Å². The van der Waals surface area contributed by atoms with Gasteiger partial charge in [-0.3, -0.25) is 9.59 Å². The Kier molecular flexibility index (Phi) is 11.0. The maximum Gasteiger partial charge on any atom is 0.304 e. The summed E-state index contributed by atoms with van der Waals surface area (Å²) in [6.45, 7) is 2.87. The molecule has 0 saturated heterocycles. The first kappa shape index (κ1) is 31.7. The minimum Gasteiger partial charge on any atom is -0.352 e. The summed E-state index contributed by atoms with van der Waals surface area (Å²) in [4.78, 5) is 29.0. The summed E-state index contributed by atoms with van der Waals surface area (Å²) in [5, 5.41) is 2.93. The van der Waals surface area contributed by atoms with E-state index >= 15 is 0 Å². The molecule has 3 rings (SSSR count). The first-order chi connectivity index (χ1) is 19.4. The zero-order valence-corrected chi connectivity index (χ0v) is 24.4. The van der Waals surface area contributed by atoms with Crippen molar-refractivity contribution in [3.63, 3.8) is 0 Å². The molecule has 0 aliphatic carbocycles. The maximum absolute atomic E-state index is 14.9. The Morgan fingerprint density at radius 1 is 0.878 bits per heavy atom. The van der Waals surface area contributed by atoms with Crippen LogP contribution in [0.1, 0.15) is 31.4 Å². The molecule has 0 unspecified atom stereocenters. The fourth-order valence-electron chi connectivity index (χ4n) is 4.14. The van der Waals surface area contributed by atoms with Crippen molar-refractivity contribution in [2.75, 3.05) is 24.9 Å². The highest BCUT2D eigenvalue weighted by Crippen LogP contribution is 2.24. The highest BCUT2D eigenvalue weighted by molar-refractivity contribution is 7.90. The van der Waals surface area contributed by atoms with Crippen molar-refractivity contribution in [2.45, 2.75) is 45.3 Å². The number of para-hydroxylation sites is 1. The SMILES string of the molecule is CC[C@@H](C)NC(=O)[C@@H](Cc1ccccc1)N(Cc1ccc(F)cc1)C(=O)CN(c1ccccc1F)S(=O)(=O)N(C)C. The second kappa shape index (κ2) is 14.2. The third-order valence-electron chi connectivity index (χ3n) is 6.68. The van der Waals surface area contributed by atoms with Crippen LogP contribution < -0.4 is 9.62 Å². The Balaban J connectivity index is 2.10. The summed E-state index contributed by atoms with van der Waals surface area (Å²) in [6.07, 6.45) is 0.786. The van der Waals surface area contributed by atoms with Crippen molar-refractivity contribution in [3.8, 4) is 0 Å². The number of nitrogens with zero attached hydrogens (tertiary/aromatic N) is 3. The molecule has 0 aliphatic rings. The predicted octanol–water partition coefficient (Wildman–Crippen LogP) is 4.13. The van der Waals surface area contributed by atoms with Crippen LogP contribution in [-0.4, -0.2) is 62.2 Å². The van der Waals surface area contributed by atoms with Crippen LogP contribution in [0.5, 0.6) is 0 Å². The van der Waals surface area contributed by atoms with Crippen molar-refractivity contribution in [1.29, 1.82) is 0 Å². The second-order valence-corrected chi connectivity index (χ2v) is 12.0. The molecule has 2 amide bonds. The van der Waals surface area contributed by atoms with Crippen LogP contribution in [0.4, 0.5) is 14.5 Å². The number of amides is 2. The third-order valence-corrected chi connectivity index (χ3v) is 8.48. The number of benzene rings is 3. The van der Waals surface area contributed by atoms with Gasteiger partial charge in [-0.05, 0) is 48.7 Å². The van der Waals surface area contributed by atoms with Gasteiger partial charge in [0, 0.05) is 33.1 Å². The molecule has 0 aliphatic heterocycles. The molecule has 0 fully saturated rings. The predicted molar refractivity (Wildman–Crippen MR) is 155 cm³/mol. The summed E-state index contributed by atoms with van der Waals surface area (Å²) < 4.78 is 56.8. The zero-order valence-electron chi connectivity index (χ0n) is 23.6. The van der Waals surface area contributed by atoms with Crippen molar-refractivity contribution < 1.29 is 26.8 Å². The summed E-state index contributed by atoms with van der Waals surface area (Å²) in [5.41, 5.74) is 1.00. The van der Waals surface area contributed by atoms with Crippen LogP contribution in [0.2, 0.25) is 0 Å². The van der Waals surface area contributed by atoms with E-state index < -0.39 is 46.2 Å². The van der Waals surface area contributed by atoms with Crippen molar-refractivity contribution in [2.24, 2.45) is 0 Å². The van der Waals surface area contributed by atoms with E-state index in [1.165, 1.54) is 61.5 Å². The van der Waals surface area contributed by atoms with Crippen molar-refractivity contribution in [1.82, 2.24) is 14.5 Å². The lowest BCUT2D eigenvalue weighted by Gasteiger charge is -2.35. The van der Waals surface area contributed by atoms with E-state index in [0.717, 1.165) is 15.9 Å². The minimum atomic E-state index is -4.32. The fourth-order valence-corrected chi connectivity index (χ4v) is 5.20. The van der Waals surface area contributed by atoms with Gasteiger partial charge in [0.2, 0.25) is 11.8 Å². The average Bonchev–Trinajstić information content (AvgIpc) is 2.95. The van der Waals surface area contributed by atoms with Gasteiger partial charge in [-0.2, -0.15) is 12.7 Å². The van der Waals surface area contributed by atoms with Gasteiger partial charge in [-0.1, -0.05) is 61.5 Å². The van der Waals surface area contributed by atoms with Crippen LogP contribution in [0.3, 0.4) is 0 Å².